The van der Waals surface area contributed by atoms with Crippen molar-refractivity contribution in [3.05, 3.63) is 48.3 Å². The first-order valence-corrected chi connectivity index (χ1v) is 9.09. The molecule has 0 unspecified atom stereocenters. The lowest BCUT2D eigenvalue weighted by Gasteiger charge is -2.11. The topological polar surface area (TPSA) is 99.6 Å². The van der Waals surface area contributed by atoms with Crippen LogP contribution < -0.4 is 19.5 Å². The van der Waals surface area contributed by atoms with Gasteiger partial charge >= 0.3 is 0 Å². The summed E-state index contributed by atoms with van der Waals surface area (Å²) < 4.78 is 16.5. The first-order valence-electron chi connectivity index (χ1n) is 9.09. The molecule has 0 atom stereocenters. The van der Waals surface area contributed by atoms with Crippen LogP contribution in [0.4, 0.5) is 0 Å². The van der Waals surface area contributed by atoms with Gasteiger partial charge in [-0.25, -0.2) is 9.97 Å². The molecule has 1 N–H and O–H groups in total. The molecule has 8 nitrogen and oxygen atoms in total. The molecule has 0 spiro atoms. The average molecular weight is 393 g/mol. The Bertz CT molecular complexity index is 1080. The summed E-state index contributed by atoms with van der Waals surface area (Å²) in [6, 6.07) is 9.95. The van der Waals surface area contributed by atoms with Crippen LogP contribution in [0.2, 0.25) is 0 Å². The van der Waals surface area contributed by atoms with Crippen molar-refractivity contribution < 1.29 is 23.8 Å². The summed E-state index contributed by atoms with van der Waals surface area (Å²) in [6.45, 7) is 0. The van der Waals surface area contributed by atoms with Crippen LogP contribution in [0, 0.1) is 0 Å². The van der Waals surface area contributed by atoms with Crippen LogP contribution in [-0.4, -0.2) is 41.9 Å². The number of nitrogens with one attached hydrogen (secondary N) is 1. The normalized spacial score (nSPS) is 13.0. The largest absolute Gasteiger partial charge is 0.493 e. The van der Waals surface area contributed by atoms with E-state index in [1.54, 1.807) is 50.6 Å². The highest BCUT2D eigenvalue weighted by atomic mass is 16.5. The van der Waals surface area contributed by atoms with Crippen molar-refractivity contribution in [1.29, 1.82) is 0 Å². The number of carbonyl (C=O) groups is 2. The van der Waals surface area contributed by atoms with Crippen LogP contribution in [0.3, 0.4) is 0 Å². The van der Waals surface area contributed by atoms with Crippen molar-refractivity contribution in [2.45, 2.75) is 18.9 Å². The minimum absolute atomic E-state index is 0.135. The second-order valence-electron chi connectivity index (χ2n) is 6.61. The van der Waals surface area contributed by atoms with Crippen molar-refractivity contribution in [2.24, 2.45) is 0 Å². The predicted octanol–water partition coefficient (Wildman–Crippen LogP) is 2.90. The molecule has 4 rings (SSSR count). The molecule has 2 aromatic carbocycles. The molecule has 3 aromatic rings. The number of rotatable bonds is 7. The number of ether oxygens (including phenoxy) is 3. The van der Waals surface area contributed by atoms with Gasteiger partial charge in [-0.05, 0) is 43.2 Å². The number of Topliss-reactive ketones (excluding diaryl/α,β-unsaturated/α-hetero) is 1. The summed E-state index contributed by atoms with van der Waals surface area (Å²) in [5.41, 5.74) is 0.936. The van der Waals surface area contributed by atoms with E-state index in [9.17, 15) is 9.59 Å². The van der Waals surface area contributed by atoms with Gasteiger partial charge in [-0.1, -0.05) is 0 Å². The third-order valence-electron chi connectivity index (χ3n) is 4.55. The molecule has 0 radical (unpaired) electrons. The van der Waals surface area contributed by atoms with Gasteiger partial charge in [-0.2, -0.15) is 0 Å². The van der Waals surface area contributed by atoms with E-state index >= 15 is 0 Å². The third kappa shape index (κ3) is 3.96. The van der Waals surface area contributed by atoms with Crippen molar-refractivity contribution in [1.82, 2.24) is 15.3 Å². The number of fused-ring (bicyclic) bond motifs is 1. The van der Waals surface area contributed by atoms with Crippen LogP contribution in [-0.2, 0) is 4.79 Å². The number of ketones is 1. The first kappa shape index (κ1) is 18.7. The van der Waals surface area contributed by atoms with E-state index in [-0.39, 0.29) is 6.04 Å². The fraction of sp³-hybridized carbons (Fsp3) is 0.238. The molecule has 1 amide bonds. The van der Waals surface area contributed by atoms with Gasteiger partial charge in [0.15, 0.2) is 11.5 Å². The van der Waals surface area contributed by atoms with Crippen molar-refractivity contribution in [3.8, 4) is 23.1 Å². The van der Waals surface area contributed by atoms with Crippen molar-refractivity contribution >= 4 is 22.6 Å². The predicted molar refractivity (Wildman–Crippen MR) is 105 cm³/mol. The molecule has 1 heterocycles. The molecular weight excluding hydrogens is 374 g/mol. The molecule has 0 aliphatic heterocycles. The van der Waals surface area contributed by atoms with Crippen LogP contribution >= 0.6 is 0 Å². The quantitative estimate of drug-likeness (QED) is 0.487. The van der Waals surface area contributed by atoms with Crippen molar-refractivity contribution in [3.63, 3.8) is 0 Å². The Morgan fingerprint density at radius 3 is 2.34 bits per heavy atom. The fourth-order valence-corrected chi connectivity index (χ4v) is 2.84. The molecule has 0 bridgehead atoms. The Morgan fingerprint density at radius 2 is 1.69 bits per heavy atom. The van der Waals surface area contributed by atoms with E-state index in [1.165, 1.54) is 6.33 Å². The molecule has 29 heavy (non-hydrogen) atoms. The number of hydrogen-bond donors (Lipinski definition) is 1. The van der Waals surface area contributed by atoms with E-state index in [2.05, 4.69) is 15.3 Å². The summed E-state index contributed by atoms with van der Waals surface area (Å²) in [7, 11) is 3.10. The second-order valence-corrected chi connectivity index (χ2v) is 6.61. The smallest absolute Gasteiger partial charge is 0.292 e. The van der Waals surface area contributed by atoms with E-state index in [1.807, 2.05) is 0 Å². The molecule has 148 valence electrons. The monoisotopic (exact) mass is 393 g/mol. The number of aromatic nitrogens is 2. The number of benzene rings is 2. The molecule has 8 heteroatoms. The zero-order chi connectivity index (χ0) is 20.4. The van der Waals surface area contributed by atoms with E-state index in [0.29, 0.717) is 39.6 Å². The van der Waals surface area contributed by atoms with Gasteiger partial charge in [0.25, 0.3) is 5.91 Å². The highest BCUT2D eigenvalue weighted by Crippen LogP contribution is 2.35. The zero-order valence-corrected chi connectivity index (χ0v) is 16.0. The Labute approximate surface area is 166 Å². The number of carbonyl (C=O) groups excluding carboxylic acids is 2. The highest BCUT2D eigenvalue weighted by Gasteiger charge is 2.26. The van der Waals surface area contributed by atoms with Gasteiger partial charge in [-0.15, -0.1) is 0 Å². The molecule has 1 saturated carbocycles. The fourth-order valence-electron chi connectivity index (χ4n) is 2.84. The van der Waals surface area contributed by atoms with Crippen LogP contribution in [0.15, 0.2) is 42.7 Å². The maximum absolute atomic E-state index is 12.2. The number of methoxy groups -OCH3 is 2. The number of hydrogen-bond acceptors (Lipinski definition) is 7. The minimum Gasteiger partial charge on any atom is -0.493 e. The molecule has 1 aliphatic carbocycles. The van der Waals surface area contributed by atoms with E-state index < -0.39 is 11.7 Å². The maximum Gasteiger partial charge on any atom is 0.292 e. The molecule has 0 saturated heterocycles. The summed E-state index contributed by atoms with van der Waals surface area (Å²) in [4.78, 5) is 32.5. The van der Waals surface area contributed by atoms with Gasteiger partial charge in [0.1, 0.15) is 12.1 Å². The Balaban J connectivity index is 1.56. The van der Waals surface area contributed by atoms with Gasteiger partial charge in [0.2, 0.25) is 11.7 Å². The van der Waals surface area contributed by atoms with Crippen LogP contribution in [0.1, 0.15) is 23.2 Å². The summed E-state index contributed by atoms with van der Waals surface area (Å²) >= 11 is 0. The molecule has 1 aliphatic rings. The average Bonchev–Trinajstić information content (AvgIpc) is 3.57. The van der Waals surface area contributed by atoms with Gasteiger partial charge < -0.3 is 19.5 Å². The second kappa shape index (κ2) is 7.75. The highest BCUT2D eigenvalue weighted by molar-refractivity contribution is 6.42. The standard InChI is InChI=1S/C21H19N3O5/c1-27-17-9-15-16(10-18(17)28-2)22-11-23-21(15)29-14-7-3-12(4-8-14)19(25)20(26)24-13-5-6-13/h3-4,7-11,13H,5-6H2,1-2H3,(H,24,26). The van der Waals surface area contributed by atoms with Gasteiger partial charge in [0.05, 0.1) is 25.1 Å². The van der Waals surface area contributed by atoms with Gasteiger partial charge in [-0.3, -0.25) is 9.59 Å². The molecular formula is C21H19N3O5. The molecule has 1 fully saturated rings. The lowest BCUT2D eigenvalue weighted by atomic mass is 10.1. The maximum atomic E-state index is 12.2. The van der Waals surface area contributed by atoms with Gasteiger partial charge in [0, 0.05) is 17.7 Å². The first-order chi connectivity index (χ1) is 14.1. The summed E-state index contributed by atoms with van der Waals surface area (Å²) in [6.07, 6.45) is 3.24. The Kier molecular flexibility index (Phi) is 4.99. The summed E-state index contributed by atoms with van der Waals surface area (Å²) in [5, 5.41) is 3.34. The third-order valence-corrected chi connectivity index (χ3v) is 4.55. The Hall–Kier alpha value is -3.68. The van der Waals surface area contributed by atoms with Crippen molar-refractivity contribution in [2.75, 3.05) is 14.2 Å². The minimum atomic E-state index is -0.580. The van der Waals surface area contributed by atoms with E-state index in [4.69, 9.17) is 14.2 Å². The van der Waals surface area contributed by atoms with Crippen LogP contribution in [0.25, 0.3) is 10.9 Å². The molecule has 1 aromatic heterocycles. The zero-order valence-electron chi connectivity index (χ0n) is 16.0. The summed E-state index contributed by atoms with van der Waals surface area (Å²) in [5.74, 6) is 0.747. The van der Waals surface area contributed by atoms with Crippen LogP contribution in [0.5, 0.6) is 23.1 Å². The SMILES string of the molecule is COc1cc2ncnc(Oc3ccc(C(=O)C(=O)NC4CC4)cc3)c2cc1OC. The Morgan fingerprint density at radius 1 is 1.00 bits per heavy atom. The lowest BCUT2D eigenvalue weighted by molar-refractivity contribution is -0.117. The number of nitrogens with zero attached hydrogens (tertiary/aromatic N) is 2. The van der Waals surface area contributed by atoms with E-state index in [0.717, 1.165) is 12.8 Å². The number of amides is 1. The lowest BCUT2D eigenvalue weighted by Crippen LogP contribution is -2.32.